The van der Waals surface area contributed by atoms with Gasteiger partial charge in [-0.05, 0) is 25.7 Å². The SMILES string of the molecule is CCCCCCCCCCCCCCN(CCCCCCCCCCCC)C(=O)C(N)(CN)C(=O)C(N)CCCN=C(N)N. The third-order valence-corrected chi connectivity index (χ3v) is 8.80. The fourth-order valence-corrected chi connectivity index (χ4v) is 5.81. The van der Waals surface area contributed by atoms with Gasteiger partial charge in [-0.2, -0.15) is 0 Å². The summed E-state index contributed by atoms with van der Waals surface area (Å²) in [6.07, 6.45) is 28.1. The zero-order chi connectivity index (χ0) is 32.9. The predicted molar refractivity (Wildman–Crippen MR) is 188 cm³/mol. The number of ketones is 1. The number of nitrogens with zero attached hydrogens (tertiary/aromatic N) is 2. The Bertz CT molecular complexity index is 730. The highest BCUT2D eigenvalue weighted by Crippen LogP contribution is 2.17. The lowest BCUT2D eigenvalue weighted by molar-refractivity contribution is -0.143. The molecule has 0 aliphatic carbocycles. The van der Waals surface area contributed by atoms with Crippen molar-refractivity contribution in [1.82, 2.24) is 4.90 Å². The molecule has 1 amide bonds. The van der Waals surface area contributed by atoms with Gasteiger partial charge in [-0.15, -0.1) is 0 Å². The molecule has 0 aliphatic heterocycles. The first-order valence-electron chi connectivity index (χ1n) is 18.4. The maximum Gasteiger partial charge on any atom is 0.251 e. The molecule has 0 aromatic rings. The van der Waals surface area contributed by atoms with E-state index in [1.54, 1.807) is 4.90 Å². The number of hydrogen-bond donors (Lipinski definition) is 5. The van der Waals surface area contributed by atoms with E-state index in [2.05, 4.69) is 18.8 Å². The molecule has 0 bridgehead atoms. The summed E-state index contributed by atoms with van der Waals surface area (Å²) in [7, 11) is 0. The lowest BCUT2D eigenvalue weighted by atomic mass is 9.87. The van der Waals surface area contributed by atoms with E-state index in [0.29, 0.717) is 32.5 Å². The molecule has 9 heteroatoms. The van der Waals surface area contributed by atoms with Crippen molar-refractivity contribution in [3.63, 3.8) is 0 Å². The van der Waals surface area contributed by atoms with Gasteiger partial charge in [0, 0.05) is 26.2 Å². The van der Waals surface area contributed by atoms with Crippen LogP contribution in [0.25, 0.3) is 0 Å². The maximum atomic E-state index is 13.8. The molecule has 0 rings (SSSR count). The summed E-state index contributed by atoms with van der Waals surface area (Å²) in [5.74, 6) is -0.892. The minimum absolute atomic E-state index is 0.00405. The molecule has 0 radical (unpaired) electrons. The topological polar surface area (TPSA) is 180 Å². The van der Waals surface area contributed by atoms with Gasteiger partial charge in [0.05, 0.1) is 6.04 Å². The first-order chi connectivity index (χ1) is 21.2. The molecular formula is C35H73N7O2. The summed E-state index contributed by atoms with van der Waals surface area (Å²) < 4.78 is 0. The van der Waals surface area contributed by atoms with Crippen LogP contribution >= 0.6 is 0 Å². The number of carbonyl (C=O) groups excluding carboxylic acids is 2. The van der Waals surface area contributed by atoms with E-state index in [0.717, 1.165) is 25.7 Å². The standard InChI is InChI=1S/C35H73N7O2/c1-3-5-7-9-11-13-15-16-18-20-22-24-29-42(28-23-21-19-17-14-12-10-8-6-4-2)33(44)35(40,30-36)32(43)31(37)26-25-27-41-34(38)39/h31H,3-30,36-37,40H2,1-2H3,(H4,38,39,41). The molecule has 2 atom stereocenters. The van der Waals surface area contributed by atoms with Crippen LogP contribution in [0, 0.1) is 0 Å². The van der Waals surface area contributed by atoms with Gasteiger partial charge in [-0.25, -0.2) is 0 Å². The lowest BCUT2D eigenvalue weighted by Gasteiger charge is -2.34. The molecule has 0 saturated carbocycles. The highest BCUT2D eigenvalue weighted by atomic mass is 16.2. The minimum atomic E-state index is -1.81. The molecule has 260 valence electrons. The number of Topliss-reactive ketones (excluding diaryl/α,β-unsaturated/α-hetero) is 1. The molecule has 0 spiro atoms. The lowest BCUT2D eigenvalue weighted by Crippen LogP contribution is -2.68. The number of unbranched alkanes of at least 4 members (excludes halogenated alkanes) is 20. The maximum absolute atomic E-state index is 13.8. The number of amides is 1. The highest BCUT2D eigenvalue weighted by molar-refractivity contribution is 6.12. The Hall–Kier alpha value is -1.71. The molecule has 0 heterocycles. The Morgan fingerprint density at radius 3 is 1.34 bits per heavy atom. The van der Waals surface area contributed by atoms with Gasteiger partial charge in [0.25, 0.3) is 5.91 Å². The van der Waals surface area contributed by atoms with E-state index in [4.69, 9.17) is 28.7 Å². The Morgan fingerprint density at radius 2 is 1.00 bits per heavy atom. The third-order valence-electron chi connectivity index (χ3n) is 8.80. The van der Waals surface area contributed by atoms with Crippen LogP contribution in [-0.2, 0) is 9.59 Å². The minimum Gasteiger partial charge on any atom is -0.370 e. The van der Waals surface area contributed by atoms with E-state index in [1.165, 1.54) is 116 Å². The third kappa shape index (κ3) is 21.1. The molecule has 9 nitrogen and oxygen atoms in total. The number of rotatable bonds is 32. The molecule has 0 aromatic heterocycles. The molecule has 0 saturated heterocycles. The van der Waals surface area contributed by atoms with Crippen molar-refractivity contribution >= 4 is 17.6 Å². The van der Waals surface area contributed by atoms with Crippen molar-refractivity contribution in [2.45, 2.75) is 180 Å². The largest absolute Gasteiger partial charge is 0.370 e. The summed E-state index contributed by atoms with van der Waals surface area (Å²) in [6, 6.07) is -0.896. The van der Waals surface area contributed by atoms with Crippen molar-refractivity contribution in [1.29, 1.82) is 0 Å². The van der Waals surface area contributed by atoms with Gasteiger partial charge in [0.1, 0.15) is 0 Å². The Balaban J connectivity index is 4.84. The second kappa shape index (κ2) is 28.7. The van der Waals surface area contributed by atoms with Crippen LogP contribution in [0.5, 0.6) is 0 Å². The molecule has 0 aromatic carbocycles. The quantitative estimate of drug-likeness (QED) is 0.0262. The number of aliphatic imine (C=N–C) groups is 1. The Morgan fingerprint density at radius 1 is 0.636 bits per heavy atom. The zero-order valence-electron chi connectivity index (χ0n) is 29.0. The number of nitrogens with two attached hydrogens (primary N) is 5. The summed E-state index contributed by atoms with van der Waals surface area (Å²) >= 11 is 0. The van der Waals surface area contributed by atoms with Crippen LogP contribution in [0.2, 0.25) is 0 Å². The number of guanidine groups is 1. The fraction of sp³-hybridized carbons (Fsp3) is 0.914. The van der Waals surface area contributed by atoms with Crippen LogP contribution in [-0.4, -0.2) is 60.3 Å². The normalized spacial score (nSPS) is 13.4. The second-order valence-electron chi connectivity index (χ2n) is 13.0. The smallest absolute Gasteiger partial charge is 0.251 e. The van der Waals surface area contributed by atoms with Crippen LogP contribution in [0.3, 0.4) is 0 Å². The van der Waals surface area contributed by atoms with Crippen LogP contribution in [0.4, 0.5) is 0 Å². The van der Waals surface area contributed by atoms with E-state index >= 15 is 0 Å². The van der Waals surface area contributed by atoms with Gasteiger partial charge in [-0.1, -0.05) is 142 Å². The average molecular weight is 624 g/mol. The van der Waals surface area contributed by atoms with Gasteiger partial charge in [-0.3, -0.25) is 14.6 Å². The summed E-state index contributed by atoms with van der Waals surface area (Å²) in [5, 5.41) is 0. The van der Waals surface area contributed by atoms with Crippen molar-refractivity contribution in [2.75, 3.05) is 26.2 Å². The van der Waals surface area contributed by atoms with Gasteiger partial charge in [0.15, 0.2) is 17.3 Å². The zero-order valence-corrected chi connectivity index (χ0v) is 29.0. The number of carbonyl (C=O) groups is 2. The summed E-state index contributed by atoms with van der Waals surface area (Å²) in [4.78, 5) is 32.8. The van der Waals surface area contributed by atoms with Crippen molar-refractivity contribution in [2.24, 2.45) is 33.7 Å². The molecule has 0 aliphatic rings. The molecule has 44 heavy (non-hydrogen) atoms. The first kappa shape index (κ1) is 42.3. The van der Waals surface area contributed by atoms with Gasteiger partial charge >= 0.3 is 0 Å². The van der Waals surface area contributed by atoms with Crippen molar-refractivity contribution < 1.29 is 9.59 Å². The summed E-state index contributed by atoms with van der Waals surface area (Å²) in [5.41, 5.74) is 27.6. The molecule has 0 fully saturated rings. The monoisotopic (exact) mass is 624 g/mol. The molecular weight excluding hydrogens is 550 g/mol. The van der Waals surface area contributed by atoms with Gasteiger partial charge in [0.2, 0.25) is 0 Å². The molecule has 2 unspecified atom stereocenters. The molecule has 10 N–H and O–H groups in total. The predicted octanol–water partition coefficient (Wildman–Crippen LogP) is 6.04. The fourth-order valence-electron chi connectivity index (χ4n) is 5.81. The van der Waals surface area contributed by atoms with Crippen molar-refractivity contribution in [3.05, 3.63) is 0 Å². The van der Waals surface area contributed by atoms with Crippen LogP contribution in [0.15, 0.2) is 4.99 Å². The highest BCUT2D eigenvalue weighted by Gasteiger charge is 2.45. The number of hydrogen-bond acceptors (Lipinski definition) is 6. The van der Waals surface area contributed by atoms with Gasteiger partial charge < -0.3 is 33.6 Å². The Kier molecular flexibility index (Phi) is 27.6. The van der Waals surface area contributed by atoms with E-state index in [-0.39, 0.29) is 18.4 Å². The van der Waals surface area contributed by atoms with E-state index in [9.17, 15) is 9.59 Å². The van der Waals surface area contributed by atoms with Crippen LogP contribution in [0.1, 0.15) is 168 Å². The van der Waals surface area contributed by atoms with E-state index in [1.807, 2.05) is 0 Å². The van der Waals surface area contributed by atoms with E-state index < -0.39 is 17.4 Å². The van der Waals surface area contributed by atoms with Crippen molar-refractivity contribution in [3.8, 4) is 0 Å². The first-order valence-corrected chi connectivity index (χ1v) is 18.4. The average Bonchev–Trinajstić information content (AvgIpc) is 3.02. The van der Waals surface area contributed by atoms with Crippen LogP contribution < -0.4 is 28.7 Å². The second-order valence-corrected chi connectivity index (χ2v) is 13.0. The Labute approximate surface area is 271 Å². The summed E-state index contributed by atoms with van der Waals surface area (Å²) in [6.45, 7) is 5.79.